The zero-order valence-corrected chi connectivity index (χ0v) is 10.5. The van der Waals surface area contributed by atoms with Gasteiger partial charge in [-0.3, -0.25) is 4.79 Å². The fourth-order valence-corrected chi connectivity index (χ4v) is 1.52. The summed E-state index contributed by atoms with van der Waals surface area (Å²) in [4.78, 5) is 15.1. The van der Waals surface area contributed by atoms with Crippen LogP contribution in [0.4, 0.5) is 5.82 Å². The van der Waals surface area contributed by atoms with E-state index in [1.54, 1.807) is 6.20 Å². The van der Waals surface area contributed by atoms with E-state index < -0.39 is 0 Å². The molecule has 1 N–H and O–H groups in total. The summed E-state index contributed by atoms with van der Waals surface area (Å²) >= 11 is 0. The summed E-state index contributed by atoms with van der Waals surface area (Å²) in [5, 5.41) is 3.26. The van der Waals surface area contributed by atoms with Crippen molar-refractivity contribution < 1.29 is 9.53 Å². The van der Waals surface area contributed by atoms with Gasteiger partial charge in [-0.25, -0.2) is 4.98 Å². The predicted molar refractivity (Wildman–Crippen MR) is 67.9 cm³/mol. The summed E-state index contributed by atoms with van der Waals surface area (Å²) < 4.78 is 4.57. The van der Waals surface area contributed by atoms with Gasteiger partial charge in [0.1, 0.15) is 5.82 Å². The molecule has 1 heterocycles. The highest BCUT2D eigenvalue weighted by Crippen LogP contribution is 2.06. The molecule has 0 aliphatic heterocycles. The minimum atomic E-state index is -0.127. The van der Waals surface area contributed by atoms with Crippen LogP contribution >= 0.6 is 0 Å². The molecule has 4 heteroatoms. The number of anilines is 1. The lowest BCUT2D eigenvalue weighted by molar-refractivity contribution is -0.140. The number of unbranched alkanes of at least 4 members (excludes halogenated alkanes) is 2. The third-order valence-electron chi connectivity index (χ3n) is 2.51. The molecule has 1 aromatic heterocycles. The number of ether oxygens (including phenoxy) is 1. The Morgan fingerprint density at radius 2 is 2.24 bits per heavy atom. The molecule has 0 radical (unpaired) electrons. The van der Waals surface area contributed by atoms with Gasteiger partial charge in [0.2, 0.25) is 0 Å². The molecule has 0 aliphatic rings. The Balaban J connectivity index is 2.06. The average Bonchev–Trinajstić information content (AvgIpc) is 2.33. The highest BCUT2D eigenvalue weighted by Gasteiger charge is 1.99. The Morgan fingerprint density at radius 1 is 1.41 bits per heavy atom. The van der Waals surface area contributed by atoms with Gasteiger partial charge in [-0.15, -0.1) is 0 Å². The number of pyridine rings is 1. The maximum Gasteiger partial charge on any atom is 0.305 e. The summed E-state index contributed by atoms with van der Waals surface area (Å²) in [5.41, 5.74) is 1.20. The molecule has 94 valence electrons. The third kappa shape index (κ3) is 5.90. The number of carbonyl (C=O) groups is 1. The number of esters is 1. The maximum atomic E-state index is 10.9. The standard InChI is InChI=1S/C13H20N2O2/c1-11-7-9-15-12(10-11)14-8-5-3-4-6-13(16)17-2/h7,9-10H,3-6,8H2,1-2H3,(H,14,15). The molecule has 4 nitrogen and oxygen atoms in total. The van der Waals surface area contributed by atoms with Gasteiger partial charge >= 0.3 is 5.97 Å². The first-order valence-corrected chi connectivity index (χ1v) is 5.95. The number of carbonyl (C=O) groups excluding carboxylic acids is 1. The van der Waals surface area contributed by atoms with E-state index in [0.717, 1.165) is 31.6 Å². The second-order valence-corrected chi connectivity index (χ2v) is 4.03. The van der Waals surface area contributed by atoms with Crippen molar-refractivity contribution in [2.24, 2.45) is 0 Å². The molecule has 0 amide bonds. The van der Waals surface area contributed by atoms with Gasteiger partial charge in [-0.05, 0) is 37.5 Å². The van der Waals surface area contributed by atoms with Gasteiger partial charge in [0.15, 0.2) is 0 Å². The van der Waals surface area contributed by atoms with Crippen molar-refractivity contribution in [2.75, 3.05) is 19.0 Å². The Hall–Kier alpha value is -1.58. The molecule has 0 bridgehead atoms. The largest absolute Gasteiger partial charge is 0.469 e. The molecule has 0 fully saturated rings. The monoisotopic (exact) mass is 236 g/mol. The van der Waals surface area contributed by atoms with Crippen molar-refractivity contribution in [3.63, 3.8) is 0 Å². The topological polar surface area (TPSA) is 51.2 Å². The predicted octanol–water partition coefficient (Wildman–Crippen LogP) is 2.54. The number of nitrogens with zero attached hydrogens (tertiary/aromatic N) is 1. The second-order valence-electron chi connectivity index (χ2n) is 4.03. The SMILES string of the molecule is COC(=O)CCCCCNc1cc(C)ccn1. The minimum absolute atomic E-state index is 0.127. The van der Waals surface area contributed by atoms with Crippen LogP contribution in [0.5, 0.6) is 0 Å². The molecule has 1 aromatic rings. The maximum absolute atomic E-state index is 10.9. The van der Waals surface area contributed by atoms with Crippen LogP contribution in [0.2, 0.25) is 0 Å². The summed E-state index contributed by atoms with van der Waals surface area (Å²) in [7, 11) is 1.42. The van der Waals surface area contributed by atoms with Gasteiger partial charge < -0.3 is 10.1 Å². The van der Waals surface area contributed by atoms with Crippen molar-refractivity contribution >= 4 is 11.8 Å². The second kappa shape index (κ2) is 7.65. The number of aryl methyl sites for hydroxylation is 1. The molecule has 0 unspecified atom stereocenters. The number of hydrogen-bond acceptors (Lipinski definition) is 4. The van der Waals surface area contributed by atoms with E-state index >= 15 is 0 Å². The van der Waals surface area contributed by atoms with Crippen LogP contribution in [0.15, 0.2) is 18.3 Å². The van der Waals surface area contributed by atoms with E-state index in [1.807, 2.05) is 19.1 Å². The minimum Gasteiger partial charge on any atom is -0.469 e. The first-order chi connectivity index (χ1) is 8.22. The lowest BCUT2D eigenvalue weighted by atomic mass is 10.2. The Morgan fingerprint density at radius 3 is 2.94 bits per heavy atom. The van der Waals surface area contributed by atoms with Crippen molar-refractivity contribution in [2.45, 2.75) is 32.6 Å². The fraction of sp³-hybridized carbons (Fsp3) is 0.538. The lowest BCUT2D eigenvalue weighted by Crippen LogP contribution is -2.04. The van der Waals surface area contributed by atoms with Gasteiger partial charge in [0.05, 0.1) is 7.11 Å². The van der Waals surface area contributed by atoms with Crippen molar-refractivity contribution in [1.82, 2.24) is 4.98 Å². The number of hydrogen-bond donors (Lipinski definition) is 1. The van der Waals surface area contributed by atoms with Crippen LogP contribution in [0.25, 0.3) is 0 Å². The van der Waals surface area contributed by atoms with Gasteiger partial charge in [0.25, 0.3) is 0 Å². The molecular weight excluding hydrogens is 216 g/mol. The Kier molecular flexibility index (Phi) is 6.07. The third-order valence-corrected chi connectivity index (χ3v) is 2.51. The summed E-state index contributed by atoms with van der Waals surface area (Å²) in [5.74, 6) is 0.788. The quantitative estimate of drug-likeness (QED) is 0.584. The number of nitrogens with one attached hydrogen (secondary N) is 1. The van der Waals surface area contributed by atoms with Crippen molar-refractivity contribution in [3.05, 3.63) is 23.9 Å². The average molecular weight is 236 g/mol. The van der Waals surface area contributed by atoms with Crippen molar-refractivity contribution in [3.8, 4) is 0 Å². The van der Waals surface area contributed by atoms with Crippen LogP contribution in [-0.2, 0) is 9.53 Å². The van der Waals surface area contributed by atoms with Gasteiger partial charge in [0, 0.05) is 19.2 Å². The summed E-state index contributed by atoms with van der Waals surface area (Å²) in [6.45, 7) is 2.93. The Labute approximate surface area is 102 Å². The molecule has 17 heavy (non-hydrogen) atoms. The smallest absolute Gasteiger partial charge is 0.305 e. The molecule has 0 aromatic carbocycles. The molecular formula is C13H20N2O2. The van der Waals surface area contributed by atoms with Crippen LogP contribution in [0.1, 0.15) is 31.2 Å². The van der Waals surface area contributed by atoms with E-state index in [-0.39, 0.29) is 5.97 Å². The van der Waals surface area contributed by atoms with E-state index in [4.69, 9.17) is 0 Å². The first-order valence-electron chi connectivity index (χ1n) is 5.95. The van der Waals surface area contributed by atoms with E-state index in [1.165, 1.54) is 12.7 Å². The number of aromatic nitrogens is 1. The number of rotatable bonds is 7. The van der Waals surface area contributed by atoms with Crippen LogP contribution in [0, 0.1) is 6.92 Å². The fourth-order valence-electron chi connectivity index (χ4n) is 1.52. The van der Waals surface area contributed by atoms with Crippen LogP contribution < -0.4 is 5.32 Å². The summed E-state index contributed by atoms with van der Waals surface area (Å²) in [6, 6.07) is 4.00. The molecule has 0 spiro atoms. The van der Waals surface area contributed by atoms with E-state index in [9.17, 15) is 4.79 Å². The zero-order chi connectivity index (χ0) is 12.5. The molecule has 0 atom stereocenters. The summed E-state index contributed by atoms with van der Waals surface area (Å²) in [6.07, 6.45) is 5.25. The lowest BCUT2D eigenvalue weighted by Gasteiger charge is -2.05. The molecule has 1 rings (SSSR count). The highest BCUT2D eigenvalue weighted by atomic mass is 16.5. The highest BCUT2D eigenvalue weighted by molar-refractivity contribution is 5.68. The van der Waals surface area contributed by atoms with E-state index in [0.29, 0.717) is 6.42 Å². The Bertz CT molecular complexity index is 353. The molecule has 0 saturated heterocycles. The van der Waals surface area contributed by atoms with Gasteiger partial charge in [-0.2, -0.15) is 0 Å². The van der Waals surface area contributed by atoms with Gasteiger partial charge in [-0.1, -0.05) is 6.42 Å². The normalized spacial score (nSPS) is 10.0. The molecule has 0 saturated carbocycles. The first kappa shape index (κ1) is 13.5. The number of methoxy groups -OCH3 is 1. The zero-order valence-electron chi connectivity index (χ0n) is 10.5. The van der Waals surface area contributed by atoms with Crippen LogP contribution in [0.3, 0.4) is 0 Å². The van der Waals surface area contributed by atoms with Crippen LogP contribution in [-0.4, -0.2) is 24.6 Å². The molecule has 0 aliphatic carbocycles. The van der Waals surface area contributed by atoms with Crippen molar-refractivity contribution in [1.29, 1.82) is 0 Å². The van der Waals surface area contributed by atoms with E-state index in [2.05, 4.69) is 15.0 Å².